The van der Waals surface area contributed by atoms with E-state index in [0.717, 1.165) is 11.1 Å². The molecular formula is C24H24F2N4O2. The molecule has 0 saturated heterocycles. The molecule has 4 rings (SSSR count). The number of pyridine rings is 1. The van der Waals surface area contributed by atoms with Crippen molar-refractivity contribution >= 4 is 22.6 Å². The van der Waals surface area contributed by atoms with E-state index in [-0.39, 0.29) is 24.7 Å². The third kappa shape index (κ3) is 4.28. The van der Waals surface area contributed by atoms with Crippen molar-refractivity contribution in [2.45, 2.75) is 50.4 Å². The molecule has 1 aliphatic rings. The maximum absolute atomic E-state index is 13.5. The summed E-state index contributed by atoms with van der Waals surface area (Å²) in [6.07, 6.45) is 2.06. The van der Waals surface area contributed by atoms with Gasteiger partial charge in [0.05, 0.1) is 35.9 Å². The summed E-state index contributed by atoms with van der Waals surface area (Å²) >= 11 is 0. The Morgan fingerprint density at radius 2 is 2.06 bits per heavy atom. The van der Waals surface area contributed by atoms with Crippen LogP contribution in [0.15, 0.2) is 36.5 Å². The van der Waals surface area contributed by atoms with Crippen LogP contribution in [0.2, 0.25) is 0 Å². The summed E-state index contributed by atoms with van der Waals surface area (Å²) in [4.78, 5) is 20.4. The highest BCUT2D eigenvalue weighted by atomic mass is 19.3. The number of ether oxygens (including phenoxy) is 1. The van der Waals surface area contributed by atoms with Gasteiger partial charge in [0.1, 0.15) is 5.52 Å². The van der Waals surface area contributed by atoms with E-state index in [2.05, 4.69) is 21.4 Å². The van der Waals surface area contributed by atoms with Crippen molar-refractivity contribution in [1.82, 2.24) is 9.97 Å². The smallest absolute Gasteiger partial charge is 0.248 e. The van der Waals surface area contributed by atoms with Crippen LogP contribution in [0.5, 0.6) is 5.88 Å². The molecule has 32 heavy (non-hydrogen) atoms. The molecule has 0 bridgehead atoms. The zero-order valence-corrected chi connectivity index (χ0v) is 17.9. The minimum atomic E-state index is -2.61. The summed E-state index contributed by atoms with van der Waals surface area (Å²) in [6, 6.07) is 11.0. The molecule has 2 N–H and O–H groups in total. The van der Waals surface area contributed by atoms with Crippen molar-refractivity contribution in [1.29, 1.82) is 5.26 Å². The second-order valence-corrected chi connectivity index (χ2v) is 8.25. The largest absolute Gasteiger partial charge is 0.481 e. The molecule has 8 heteroatoms. The first kappa shape index (κ1) is 21.8. The number of aromatic amines is 1. The Morgan fingerprint density at radius 1 is 1.31 bits per heavy atom. The standard InChI is InChI=1S/C24H24F2N4O2/c1-14(23(31)29-20-13-28-19-5-6-21(32-2)30-22(19)20)16-3-4-18(17(11-16)12-27)15-7-9-24(25,26)10-8-15/h3-6,11,13-15,28H,7-10H2,1-2H3,(H,29,31)/t14-/m0/s1. The lowest BCUT2D eigenvalue weighted by Crippen LogP contribution is -2.24. The van der Waals surface area contributed by atoms with Crippen molar-refractivity contribution in [3.63, 3.8) is 0 Å². The molecule has 3 aromatic rings. The van der Waals surface area contributed by atoms with Crippen molar-refractivity contribution in [3.05, 3.63) is 53.2 Å². The average molecular weight is 438 g/mol. The van der Waals surface area contributed by atoms with Crippen LogP contribution >= 0.6 is 0 Å². The monoisotopic (exact) mass is 438 g/mol. The molecule has 6 nitrogen and oxygen atoms in total. The zero-order valence-electron chi connectivity index (χ0n) is 17.9. The van der Waals surface area contributed by atoms with Gasteiger partial charge in [-0.15, -0.1) is 0 Å². The molecule has 166 valence electrons. The lowest BCUT2D eigenvalue weighted by Gasteiger charge is -2.29. The Bertz CT molecular complexity index is 1190. The van der Waals surface area contributed by atoms with Crippen molar-refractivity contribution in [2.24, 2.45) is 0 Å². The third-order valence-corrected chi connectivity index (χ3v) is 6.21. The summed E-state index contributed by atoms with van der Waals surface area (Å²) in [5.74, 6) is -3.01. The maximum atomic E-state index is 13.5. The van der Waals surface area contributed by atoms with E-state index >= 15 is 0 Å². The van der Waals surface area contributed by atoms with Crippen LogP contribution in [0.1, 0.15) is 61.1 Å². The topological polar surface area (TPSA) is 90.8 Å². The first-order valence-electron chi connectivity index (χ1n) is 10.6. The fourth-order valence-corrected chi connectivity index (χ4v) is 4.23. The Hall–Kier alpha value is -3.47. The number of halogens is 2. The highest BCUT2D eigenvalue weighted by molar-refractivity contribution is 6.02. The lowest BCUT2D eigenvalue weighted by molar-refractivity contribution is -0.117. The van der Waals surface area contributed by atoms with E-state index < -0.39 is 11.8 Å². The molecule has 0 aliphatic heterocycles. The Morgan fingerprint density at radius 3 is 2.75 bits per heavy atom. The van der Waals surface area contributed by atoms with Crippen molar-refractivity contribution in [2.75, 3.05) is 12.4 Å². The number of amides is 1. The molecule has 0 radical (unpaired) electrons. The lowest BCUT2D eigenvalue weighted by atomic mass is 9.80. The fraction of sp³-hybridized carbons (Fsp3) is 0.375. The predicted molar refractivity (Wildman–Crippen MR) is 117 cm³/mol. The molecule has 1 saturated carbocycles. The van der Waals surface area contributed by atoms with Gasteiger partial charge in [0.2, 0.25) is 17.7 Å². The number of nitriles is 1. The summed E-state index contributed by atoms with van der Waals surface area (Å²) in [6.45, 7) is 1.76. The number of aromatic nitrogens is 2. The van der Waals surface area contributed by atoms with Gasteiger partial charge in [-0.05, 0) is 48.9 Å². The molecule has 2 heterocycles. The summed E-state index contributed by atoms with van der Waals surface area (Å²) in [5, 5.41) is 12.5. The summed E-state index contributed by atoms with van der Waals surface area (Å²) < 4.78 is 32.2. The normalized spacial score (nSPS) is 17.0. The molecule has 1 aliphatic carbocycles. The number of methoxy groups -OCH3 is 1. The van der Waals surface area contributed by atoms with Crippen LogP contribution in [-0.2, 0) is 4.79 Å². The molecule has 2 aromatic heterocycles. The SMILES string of the molecule is COc1ccc2[nH]cc(NC(=O)[C@@H](C)c3ccc(C4CCC(F)(F)CC4)c(C#N)c3)c2n1. The maximum Gasteiger partial charge on any atom is 0.248 e. The highest BCUT2D eigenvalue weighted by Gasteiger charge is 2.36. The Labute approximate surface area is 184 Å². The molecule has 0 unspecified atom stereocenters. The van der Waals surface area contributed by atoms with E-state index in [4.69, 9.17) is 4.74 Å². The van der Waals surface area contributed by atoms with Crippen LogP contribution in [0.25, 0.3) is 11.0 Å². The second kappa shape index (κ2) is 8.58. The number of carbonyl (C=O) groups excluding carboxylic acids is 1. The minimum absolute atomic E-state index is 0.0604. The fourth-order valence-electron chi connectivity index (χ4n) is 4.23. The number of hydrogen-bond donors (Lipinski definition) is 2. The van der Waals surface area contributed by atoms with E-state index in [1.165, 1.54) is 7.11 Å². The van der Waals surface area contributed by atoms with Gasteiger partial charge in [-0.25, -0.2) is 13.8 Å². The van der Waals surface area contributed by atoms with Gasteiger partial charge in [-0.2, -0.15) is 5.26 Å². The number of H-pyrrole nitrogens is 1. The summed E-state index contributed by atoms with van der Waals surface area (Å²) in [5.41, 5.74) is 3.81. The van der Waals surface area contributed by atoms with Gasteiger partial charge < -0.3 is 15.0 Å². The van der Waals surface area contributed by atoms with E-state index in [1.807, 2.05) is 18.2 Å². The van der Waals surface area contributed by atoms with Crippen molar-refractivity contribution in [3.8, 4) is 11.9 Å². The number of alkyl halides is 2. The highest BCUT2D eigenvalue weighted by Crippen LogP contribution is 2.42. The third-order valence-electron chi connectivity index (χ3n) is 6.21. The number of fused-ring (bicyclic) bond motifs is 1. The van der Waals surface area contributed by atoms with Crippen LogP contribution in [-0.4, -0.2) is 28.9 Å². The number of benzene rings is 1. The zero-order chi connectivity index (χ0) is 22.9. The molecular weight excluding hydrogens is 414 g/mol. The number of nitrogens with zero attached hydrogens (tertiary/aromatic N) is 2. The molecule has 1 aromatic carbocycles. The van der Waals surface area contributed by atoms with Crippen LogP contribution in [0.4, 0.5) is 14.5 Å². The van der Waals surface area contributed by atoms with E-state index in [1.54, 1.807) is 25.3 Å². The Kier molecular flexibility index (Phi) is 5.83. The average Bonchev–Trinajstić information content (AvgIpc) is 3.20. The van der Waals surface area contributed by atoms with Gasteiger partial charge >= 0.3 is 0 Å². The number of hydrogen-bond acceptors (Lipinski definition) is 4. The predicted octanol–water partition coefficient (Wildman–Crippen LogP) is 5.48. The van der Waals surface area contributed by atoms with Gasteiger partial charge in [0.15, 0.2) is 0 Å². The minimum Gasteiger partial charge on any atom is -0.481 e. The van der Waals surface area contributed by atoms with Crippen LogP contribution in [0, 0.1) is 11.3 Å². The van der Waals surface area contributed by atoms with Gasteiger partial charge in [0, 0.05) is 25.1 Å². The number of rotatable bonds is 5. The van der Waals surface area contributed by atoms with Gasteiger partial charge in [-0.1, -0.05) is 12.1 Å². The summed E-state index contributed by atoms with van der Waals surface area (Å²) in [7, 11) is 1.52. The molecule has 0 spiro atoms. The van der Waals surface area contributed by atoms with Crippen molar-refractivity contribution < 1.29 is 18.3 Å². The van der Waals surface area contributed by atoms with Gasteiger partial charge in [-0.3, -0.25) is 4.79 Å². The van der Waals surface area contributed by atoms with Gasteiger partial charge in [0.25, 0.3) is 0 Å². The first-order valence-corrected chi connectivity index (χ1v) is 10.6. The number of nitrogens with one attached hydrogen (secondary N) is 2. The second-order valence-electron chi connectivity index (χ2n) is 8.25. The number of anilines is 1. The first-order chi connectivity index (χ1) is 15.3. The molecule has 1 fully saturated rings. The molecule has 1 amide bonds. The number of carbonyl (C=O) groups is 1. The van der Waals surface area contributed by atoms with Crippen LogP contribution in [0.3, 0.4) is 0 Å². The van der Waals surface area contributed by atoms with E-state index in [0.29, 0.717) is 41.1 Å². The molecule has 1 atom stereocenters. The quantitative estimate of drug-likeness (QED) is 0.552. The van der Waals surface area contributed by atoms with E-state index in [9.17, 15) is 18.8 Å². The van der Waals surface area contributed by atoms with Crippen LogP contribution < -0.4 is 10.1 Å². The Balaban J connectivity index is 1.52.